The lowest BCUT2D eigenvalue weighted by Gasteiger charge is -2.14. The van der Waals surface area contributed by atoms with E-state index in [1.54, 1.807) is 17.0 Å². The normalized spacial score (nSPS) is 16.6. The third-order valence-corrected chi connectivity index (χ3v) is 4.89. The predicted molar refractivity (Wildman–Crippen MR) is 98.3 cm³/mol. The van der Waals surface area contributed by atoms with Crippen molar-refractivity contribution in [2.24, 2.45) is 0 Å². The fraction of sp³-hybridized carbons (Fsp3) is 0.0588. The summed E-state index contributed by atoms with van der Waals surface area (Å²) in [5, 5.41) is 0.614. The maximum absolute atomic E-state index is 12.6. The summed E-state index contributed by atoms with van der Waals surface area (Å²) in [5.74, 6) is -0.111. The van der Waals surface area contributed by atoms with Crippen molar-refractivity contribution in [1.29, 1.82) is 0 Å². The van der Waals surface area contributed by atoms with E-state index in [2.05, 4.69) is 0 Å². The van der Waals surface area contributed by atoms with Gasteiger partial charge in [0.25, 0.3) is 5.91 Å². The molecule has 110 valence electrons. The number of thiocarbonyl (C=S) groups is 1. The molecule has 2 nitrogen and oxygen atoms in total. The number of hydrogen-bond acceptors (Lipinski definition) is 3. The van der Waals surface area contributed by atoms with Crippen LogP contribution in [0.3, 0.4) is 0 Å². The lowest BCUT2D eigenvalue weighted by atomic mass is 10.2. The summed E-state index contributed by atoms with van der Waals surface area (Å²) in [6.07, 6.45) is 1.79. The van der Waals surface area contributed by atoms with E-state index in [1.165, 1.54) is 11.8 Å². The minimum absolute atomic E-state index is 0.111. The SMILES string of the molecule is Cc1cccc(N2C(=O)C(=Cc3ccccc3Cl)SC2=S)c1. The maximum atomic E-state index is 12.6. The second-order valence-electron chi connectivity index (χ2n) is 4.88. The van der Waals surface area contributed by atoms with E-state index in [4.69, 9.17) is 23.8 Å². The summed E-state index contributed by atoms with van der Waals surface area (Å²) < 4.78 is 0.536. The Bertz CT molecular complexity index is 801. The molecular formula is C17H12ClNOS2. The Morgan fingerprint density at radius 2 is 1.95 bits per heavy atom. The van der Waals surface area contributed by atoms with Crippen LogP contribution in [-0.4, -0.2) is 10.2 Å². The average Bonchev–Trinajstić information content (AvgIpc) is 2.76. The van der Waals surface area contributed by atoms with Crippen molar-refractivity contribution < 1.29 is 4.79 Å². The number of aryl methyl sites for hydroxylation is 1. The Morgan fingerprint density at radius 3 is 2.68 bits per heavy atom. The number of thioether (sulfide) groups is 1. The van der Waals surface area contributed by atoms with Crippen molar-refractivity contribution in [2.75, 3.05) is 4.90 Å². The molecule has 2 aromatic rings. The molecule has 0 spiro atoms. The van der Waals surface area contributed by atoms with Crippen LogP contribution >= 0.6 is 35.6 Å². The molecule has 1 aliphatic heterocycles. The zero-order chi connectivity index (χ0) is 15.7. The molecule has 0 aliphatic carbocycles. The third-order valence-electron chi connectivity index (χ3n) is 3.25. The molecule has 5 heteroatoms. The number of carbonyl (C=O) groups excluding carboxylic acids is 1. The first-order chi connectivity index (χ1) is 10.6. The lowest BCUT2D eigenvalue weighted by molar-refractivity contribution is -0.113. The fourth-order valence-electron chi connectivity index (χ4n) is 2.19. The van der Waals surface area contributed by atoms with E-state index in [0.717, 1.165) is 16.8 Å². The van der Waals surface area contributed by atoms with E-state index in [0.29, 0.717) is 14.2 Å². The van der Waals surface area contributed by atoms with Crippen LogP contribution in [0, 0.1) is 6.92 Å². The van der Waals surface area contributed by atoms with Gasteiger partial charge in [0, 0.05) is 5.02 Å². The molecule has 0 bridgehead atoms. The first-order valence-electron chi connectivity index (χ1n) is 6.65. The van der Waals surface area contributed by atoms with Crippen LogP contribution in [0.4, 0.5) is 5.69 Å². The van der Waals surface area contributed by atoms with E-state index in [-0.39, 0.29) is 5.91 Å². The van der Waals surface area contributed by atoms with Gasteiger partial charge in [0.15, 0.2) is 4.32 Å². The number of amides is 1. The molecule has 1 aliphatic rings. The van der Waals surface area contributed by atoms with Crippen LogP contribution in [0.2, 0.25) is 5.02 Å². The molecule has 1 heterocycles. The number of hydrogen-bond donors (Lipinski definition) is 0. The number of halogens is 1. The van der Waals surface area contributed by atoms with Gasteiger partial charge in [-0.3, -0.25) is 9.69 Å². The van der Waals surface area contributed by atoms with Crippen LogP contribution in [0.15, 0.2) is 53.4 Å². The van der Waals surface area contributed by atoms with Crippen molar-refractivity contribution in [3.63, 3.8) is 0 Å². The number of nitrogens with zero attached hydrogens (tertiary/aromatic N) is 1. The third kappa shape index (κ3) is 2.95. The molecule has 1 saturated heterocycles. The van der Waals surface area contributed by atoms with E-state index < -0.39 is 0 Å². The van der Waals surface area contributed by atoms with E-state index in [1.807, 2.05) is 49.4 Å². The van der Waals surface area contributed by atoms with Crippen LogP contribution in [0.1, 0.15) is 11.1 Å². The second-order valence-corrected chi connectivity index (χ2v) is 6.96. The summed E-state index contributed by atoms with van der Waals surface area (Å²) >= 11 is 12.8. The van der Waals surface area contributed by atoms with Crippen LogP contribution in [0.5, 0.6) is 0 Å². The molecular weight excluding hydrogens is 334 g/mol. The predicted octanol–water partition coefficient (Wildman–Crippen LogP) is 5.05. The van der Waals surface area contributed by atoms with Crippen LogP contribution in [0.25, 0.3) is 6.08 Å². The van der Waals surface area contributed by atoms with Gasteiger partial charge in [0.1, 0.15) is 0 Å². The van der Waals surface area contributed by atoms with Crippen molar-refractivity contribution in [3.05, 3.63) is 69.6 Å². The minimum atomic E-state index is -0.111. The Morgan fingerprint density at radius 1 is 1.18 bits per heavy atom. The zero-order valence-electron chi connectivity index (χ0n) is 11.7. The highest BCUT2D eigenvalue weighted by atomic mass is 35.5. The zero-order valence-corrected chi connectivity index (χ0v) is 14.1. The Kier molecular flexibility index (Phi) is 4.34. The molecule has 1 amide bonds. The van der Waals surface area contributed by atoms with Gasteiger partial charge in [-0.05, 0) is 42.3 Å². The van der Waals surface area contributed by atoms with Gasteiger partial charge in [-0.2, -0.15) is 0 Å². The molecule has 3 rings (SSSR count). The van der Waals surface area contributed by atoms with E-state index in [9.17, 15) is 4.79 Å². The first kappa shape index (κ1) is 15.3. The smallest absolute Gasteiger partial charge is 0.268 e. The van der Waals surface area contributed by atoms with Gasteiger partial charge < -0.3 is 0 Å². The number of carbonyl (C=O) groups is 1. The molecule has 0 N–H and O–H groups in total. The molecule has 1 fully saturated rings. The standard InChI is InChI=1S/C17H12ClNOS2/c1-11-5-4-7-13(9-11)19-16(20)15(22-17(19)21)10-12-6-2-3-8-14(12)18/h2-10H,1H3. The Balaban J connectivity index is 1.97. The van der Waals surface area contributed by atoms with Gasteiger partial charge >= 0.3 is 0 Å². The quantitative estimate of drug-likeness (QED) is 0.561. The van der Waals surface area contributed by atoms with Gasteiger partial charge in [-0.15, -0.1) is 0 Å². The molecule has 2 aromatic carbocycles. The largest absolute Gasteiger partial charge is 0.270 e. The fourth-order valence-corrected chi connectivity index (χ4v) is 3.67. The van der Waals surface area contributed by atoms with Crippen molar-refractivity contribution in [2.45, 2.75) is 6.92 Å². The molecule has 0 unspecified atom stereocenters. The summed E-state index contributed by atoms with van der Waals surface area (Å²) in [4.78, 5) is 14.8. The molecule has 0 aromatic heterocycles. The lowest BCUT2D eigenvalue weighted by Crippen LogP contribution is -2.27. The average molecular weight is 346 g/mol. The Hall–Kier alpha value is -1.62. The summed E-state index contributed by atoms with van der Waals surface area (Å²) in [7, 11) is 0. The minimum Gasteiger partial charge on any atom is -0.268 e. The monoisotopic (exact) mass is 345 g/mol. The van der Waals surface area contributed by atoms with Gasteiger partial charge in [0.2, 0.25) is 0 Å². The van der Waals surface area contributed by atoms with Crippen molar-refractivity contribution >= 4 is 57.6 Å². The summed E-state index contributed by atoms with van der Waals surface area (Å²) in [6.45, 7) is 1.99. The van der Waals surface area contributed by atoms with Gasteiger partial charge in [-0.1, -0.05) is 65.9 Å². The first-order valence-corrected chi connectivity index (χ1v) is 8.26. The van der Waals surface area contributed by atoms with E-state index >= 15 is 0 Å². The number of benzene rings is 2. The molecule has 0 radical (unpaired) electrons. The van der Waals surface area contributed by atoms with Crippen molar-refractivity contribution in [1.82, 2.24) is 0 Å². The molecule has 0 atom stereocenters. The highest BCUT2D eigenvalue weighted by Crippen LogP contribution is 2.36. The molecule has 0 saturated carbocycles. The summed E-state index contributed by atoms with van der Waals surface area (Å²) in [6, 6.07) is 15.2. The number of rotatable bonds is 2. The number of anilines is 1. The van der Waals surface area contributed by atoms with Crippen LogP contribution in [-0.2, 0) is 4.79 Å². The summed E-state index contributed by atoms with van der Waals surface area (Å²) in [5.41, 5.74) is 2.70. The van der Waals surface area contributed by atoms with Crippen molar-refractivity contribution in [3.8, 4) is 0 Å². The highest BCUT2D eigenvalue weighted by molar-refractivity contribution is 8.27. The Labute approximate surface area is 143 Å². The van der Waals surface area contributed by atoms with Crippen LogP contribution < -0.4 is 4.90 Å². The van der Waals surface area contributed by atoms with Gasteiger partial charge in [0.05, 0.1) is 10.6 Å². The topological polar surface area (TPSA) is 20.3 Å². The van der Waals surface area contributed by atoms with Gasteiger partial charge in [-0.25, -0.2) is 0 Å². The maximum Gasteiger partial charge on any atom is 0.270 e. The molecule has 22 heavy (non-hydrogen) atoms. The second kappa shape index (κ2) is 6.24. The highest BCUT2D eigenvalue weighted by Gasteiger charge is 2.33.